The average Bonchev–Trinajstić information content (AvgIpc) is 2.55. The van der Waals surface area contributed by atoms with Crippen LogP contribution in [0.1, 0.15) is 24.0 Å². The molecular formula is C16H20ClN3O2. The molecule has 1 amide bonds. The lowest BCUT2D eigenvalue weighted by Crippen LogP contribution is -2.44. The molecule has 0 saturated carbocycles. The van der Waals surface area contributed by atoms with Gasteiger partial charge in [-0.2, -0.15) is 0 Å². The van der Waals surface area contributed by atoms with Crippen molar-refractivity contribution in [2.45, 2.75) is 25.5 Å². The number of nitrogens with one attached hydrogen (secondary N) is 1. The molecule has 3 rings (SSSR count). The van der Waals surface area contributed by atoms with Gasteiger partial charge in [0.05, 0.1) is 11.6 Å². The molecule has 1 aromatic rings. The van der Waals surface area contributed by atoms with Gasteiger partial charge in [-0.3, -0.25) is 4.79 Å². The van der Waals surface area contributed by atoms with Crippen LogP contribution in [0.5, 0.6) is 5.75 Å². The second-order valence-electron chi connectivity index (χ2n) is 5.60. The van der Waals surface area contributed by atoms with Crippen LogP contribution in [0.15, 0.2) is 18.3 Å². The SMILES string of the molecule is NCC(=O)N1CCC(Oc2cc3c(cc2Cl)CNC=C3)CC1. The molecule has 0 aliphatic carbocycles. The maximum absolute atomic E-state index is 11.6. The maximum Gasteiger partial charge on any atom is 0.236 e. The molecule has 1 saturated heterocycles. The second kappa shape index (κ2) is 6.58. The standard InChI is InChI=1S/C16H20ClN3O2/c17-14-7-12-10-19-4-1-11(12)8-15(14)22-13-2-5-20(6-3-13)16(21)9-18/h1,4,7-8,13,19H,2-3,5-6,9-10,18H2. The first-order chi connectivity index (χ1) is 10.7. The first-order valence-electron chi connectivity index (χ1n) is 7.54. The third kappa shape index (κ3) is 3.20. The zero-order valence-electron chi connectivity index (χ0n) is 12.3. The fourth-order valence-electron chi connectivity index (χ4n) is 2.86. The number of carbonyl (C=O) groups is 1. The number of fused-ring (bicyclic) bond motifs is 1. The second-order valence-corrected chi connectivity index (χ2v) is 6.00. The van der Waals surface area contributed by atoms with E-state index < -0.39 is 0 Å². The molecule has 0 unspecified atom stereocenters. The van der Waals surface area contributed by atoms with Gasteiger partial charge in [-0.15, -0.1) is 0 Å². The Balaban J connectivity index is 1.65. The van der Waals surface area contributed by atoms with Crippen LogP contribution in [0.2, 0.25) is 5.02 Å². The van der Waals surface area contributed by atoms with Crippen molar-refractivity contribution in [3.8, 4) is 5.75 Å². The van der Waals surface area contributed by atoms with Crippen molar-refractivity contribution in [2.24, 2.45) is 5.73 Å². The monoisotopic (exact) mass is 321 g/mol. The van der Waals surface area contributed by atoms with Crippen molar-refractivity contribution in [1.29, 1.82) is 0 Å². The molecule has 3 N–H and O–H groups in total. The van der Waals surface area contributed by atoms with E-state index in [0.717, 1.165) is 30.7 Å². The molecule has 1 fully saturated rings. The number of halogens is 1. The van der Waals surface area contributed by atoms with Crippen LogP contribution in [0.25, 0.3) is 6.08 Å². The molecule has 2 aliphatic rings. The topological polar surface area (TPSA) is 67.6 Å². The van der Waals surface area contributed by atoms with E-state index >= 15 is 0 Å². The Bertz CT molecular complexity index is 595. The number of carbonyl (C=O) groups excluding carboxylic acids is 1. The highest BCUT2D eigenvalue weighted by Gasteiger charge is 2.24. The van der Waals surface area contributed by atoms with Gasteiger partial charge in [-0.05, 0) is 35.5 Å². The highest BCUT2D eigenvalue weighted by Crippen LogP contribution is 2.32. The summed E-state index contributed by atoms with van der Waals surface area (Å²) in [7, 11) is 0. The van der Waals surface area contributed by atoms with Crippen LogP contribution >= 0.6 is 11.6 Å². The van der Waals surface area contributed by atoms with Crippen molar-refractivity contribution in [1.82, 2.24) is 10.2 Å². The van der Waals surface area contributed by atoms with E-state index in [4.69, 9.17) is 22.1 Å². The minimum absolute atomic E-state index is 0.00269. The van der Waals surface area contributed by atoms with Gasteiger partial charge >= 0.3 is 0 Å². The first-order valence-corrected chi connectivity index (χ1v) is 7.92. The number of piperidine rings is 1. The highest BCUT2D eigenvalue weighted by molar-refractivity contribution is 6.32. The molecular weight excluding hydrogens is 302 g/mol. The van der Waals surface area contributed by atoms with E-state index in [1.807, 2.05) is 24.4 Å². The van der Waals surface area contributed by atoms with Crippen LogP contribution in [0.4, 0.5) is 0 Å². The molecule has 0 radical (unpaired) electrons. The van der Waals surface area contributed by atoms with Crippen molar-refractivity contribution in [3.05, 3.63) is 34.5 Å². The van der Waals surface area contributed by atoms with E-state index in [-0.39, 0.29) is 18.6 Å². The molecule has 118 valence electrons. The van der Waals surface area contributed by atoms with Gasteiger partial charge in [-0.1, -0.05) is 11.6 Å². The van der Waals surface area contributed by atoms with E-state index in [9.17, 15) is 4.79 Å². The van der Waals surface area contributed by atoms with Crippen LogP contribution < -0.4 is 15.8 Å². The summed E-state index contributed by atoms with van der Waals surface area (Å²) in [6, 6.07) is 3.95. The normalized spacial score (nSPS) is 17.8. The molecule has 22 heavy (non-hydrogen) atoms. The molecule has 2 aliphatic heterocycles. The largest absolute Gasteiger partial charge is 0.489 e. The van der Waals surface area contributed by atoms with Crippen molar-refractivity contribution < 1.29 is 9.53 Å². The van der Waals surface area contributed by atoms with E-state index in [0.29, 0.717) is 18.1 Å². The van der Waals surface area contributed by atoms with Gasteiger partial charge < -0.3 is 20.7 Å². The predicted octanol–water partition coefficient (Wildman–Crippen LogP) is 1.74. The van der Waals surface area contributed by atoms with E-state index in [1.54, 1.807) is 4.90 Å². The van der Waals surface area contributed by atoms with Gasteiger partial charge in [0.2, 0.25) is 5.91 Å². The number of amides is 1. The fourth-order valence-corrected chi connectivity index (χ4v) is 3.09. The lowest BCUT2D eigenvalue weighted by molar-refractivity contribution is -0.131. The lowest BCUT2D eigenvalue weighted by atomic mass is 10.0. The number of nitrogens with zero attached hydrogens (tertiary/aromatic N) is 1. The zero-order chi connectivity index (χ0) is 15.5. The Kier molecular flexibility index (Phi) is 4.55. The third-order valence-electron chi connectivity index (χ3n) is 4.13. The summed E-state index contributed by atoms with van der Waals surface area (Å²) in [4.78, 5) is 13.4. The molecule has 0 atom stereocenters. The molecule has 0 bridgehead atoms. The minimum atomic E-state index is 0.00269. The van der Waals surface area contributed by atoms with Gasteiger partial charge in [0.25, 0.3) is 0 Å². The van der Waals surface area contributed by atoms with Crippen LogP contribution in [0, 0.1) is 0 Å². The Hall–Kier alpha value is -1.72. The summed E-state index contributed by atoms with van der Waals surface area (Å²) in [5.41, 5.74) is 7.70. The number of rotatable bonds is 3. The fraction of sp³-hybridized carbons (Fsp3) is 0.438. The Morgan fingerprint density at radius 1 is 1.41 bits per heavy atom. The maximum atomic E-state index is 11.6. The quantitative estimate of drug-likeness (QED) is 0.890. The van der Waals surface area contributed by atoms with Gasteiger partial charge in [0.1, 0.15) is 11.9 Å². The molecule has 2 heterocycles. The van der Waals surface area contributed by atoms with Gasteiger partial charge in [0, 0.05) is 32.5 Å². The summed E-state index contributed by atoms with van der Waals surface area (Å²) in [6.45, 7) is 2.23. The van der Waals surface area contributed by atoms with Crippen molar-refractivity contribution in [3.63, 3.8) is 0 Å². The number of benzene rings is 1. The lowest BCUT2D eigenvalue weighted by Gasteiger charge is -2.32. The number of ether oxygens (including phenoxy) is 1. The van der Waals surface area contributed by atoms with Crippen molar-refractivity contribution >= 4 is 23.6 Å². The minimum Gasteiger partial charge on any atom is -0.489 e. The smallest absolute Gasteiger partial charge is 0.236 e. The van der Waals surface area contributed by atoms with Gasteiger partial charge in [0.15, 0.2) is 0 Å². The molecule has 0 aromatic heterocycles. The zero-order valence-corrected chi connectivity index (χ0v) is 13.1. The number of nitrogens with two attached hydrogens (primary N) is 1. The number of hydrogen-bond donors (Lipinski definition) is 2. The van der Waals surface area contributed by atoms with Crippen LogP contribution in [0.3, 0.4) is 0 Å². The Labute approximate surface area is 135 Å². The Morgan fingerprint density at radius 2 is 2.18 bits per heavy atom. The summed E-state index contributed by atoms with van der Waals surface area (Å²) in [5, 5.41) is 3.80. The van der Waals surface area contributed by atoms with Gasteiger partial charge in [-0.25, -0.2) is 0 Å². The molecule has 1 aromatic carbocycles. The predicted molar refractivity (Wildman–Crippen MR) is 86.6 cm³/mol. The van der Waals surface area contributed by atoms with E-state index in [1.165, 1.54) is 5.56 Å². The summed E-state index contributed by atoms with van der Waals surface area (Å²) < 4.78 is 6.06. The molecule has 0 spiro atoms. The highest BCUT2D eigenvalue weighted by atomic mass is 35.5. The molecule has 5 nitrogen and oxygen atoms in total. The number of likely N-dealkylation sites (tertiary alicyclic amines) is 1. The Morgan fingerprint density at radius 3 is 2.91 bits per heavy atom. The average molecular weight is 322 g/mol. The van der Waals surface area contributed by atoms with Crippen LogP contribution in [-0.2, 0) is 11.3 Å². The van der Waals surface area contributed by atoms with Crippen LogP contribution in [-0.4, -0.2) is 36.5 Å². The first kappa shape index (κ1) is 15.2. The summed E-state index contributed by atoms with van der Waals surface area (Å²) in [5.74, 6) is 0.721. The summed E-state index contributed by atoms with van der Waals surface area (Å²) in [6.07, 6.45) is 5.64. The van der Waals surface area contributed by atoms with E-state index in [2.05, 4.69) is 5.32 Å². The number of hydrogen-bond acceptors (Lipinski definition) is 4. The molecule has 6 heteroatoms. The third-order valence-corrected chi connectivity index (χ3v) is 4.43. The van der Waals surface area contributed by atoms with Crippen molar-refractivity contribution in [2.75, 3.05) is 19.6 Å². The summed E-state index contributed by atoms with van der Waals surface area (Å²) >= 11 is 6.32.